The molecule has 0 aliphatic heterocycles. The molecule has 0 fully saturated rings. The normalized spacial score (nSPS) is 10.5. The van der Waals surface area contributed by atoms with Crippen LogP contribution in [0.3, 0.4) is 0 Å². The second-order valence-corrected chi connectivity index (χ2v) is 4.18. The van der Waals surface area contributed by atoms with Crippen molar-refractivity contribution in [1.82, 2.24) is 9.78 Å². The topological polar surface area (TPSA) is 34.9 Å². The van der Waals surface area contributed by atoms with E-state index in [2.05, 4.69) is 5.10 Å². The highest BCUT2D eigenvalue weighted by molar-refractivity contribution is 6.07. The van der Waals surface area contributed by atoms with Gasteiger partial charge in [0.25, 0.3) is 0 Å². The Hall–Kier alpha value is -1.90. The average molecular weight is 228 g/mol. The number of ketones is 1. The zero-order valence-corrected chi connectivity index (χ0v) is 10.4. The SMILES string of the molecule is CCn1nc(C)cc1C(=O)c1ccc(C)cc1. The maximum absolute atomic E-state index is 12.3. The third-order valence-electron chi connectivity index (χ3n) is 2.75. The summed E-state index contributed by atoms with van der Waals surface area (Å²) in [6, 6.07) is 9.46. The van der Waals surface area contributed by atoms with Crippen molar-refractivity contribution >= 4 is 5.78 Å². The van der Waals surface area contributed by atoms with Crippen LogP contribution in [0, 0.1) is 13.8 Å². The van der Waals surface area contributed by atoms with E-state index in [1.165, 1.54) is 0 Å². The van der Waals surface area contributed by atoms with Crippen molar-refractivity contribution in [1.29, 1.82) is 0 Å². The highest BCUT2D eigenvalue weighted by Crippen LogP contribution is 2.12. The van der Waals surface area contributed by atoms with Gasteiger partial charge in [0.2, 0.25) is 5.78 Å². The lowest BCUT2D eigenvalue weighted by Gasteiger charge is -2.04. The van der Waals surface area contributed by atoms with Crippen molar-refractivity contribution in [3.63, 3.8) is 0 Å². The van der Waals surface area contributed by atoms with Gasteiger partial charge in [-0.25, -0.2) is 0 Å². The second kappa shape index (κ2) is 4.53. The number of carbonyl (C=O) groups excluding carboxylic acids is 1. The molecule has 1 aromatic carbocycles. The molecule has 0 saturated heterocycles. The number of hydrogen-bond acceptors (Lipinski definition) is 2. The first-order chi connectivity index (χ1) is 8.11. The van der Waals surface area contributed by atoms with E-state index in [-0.39, 0.29) is 5.78 Å². The second-order valence-electron chi connectivity index (χ2n) is 4.18. The monoisotopic (exact) mass is 228 g/mol. The summed E-state index contributed by atoms with van der Waals surface area (Å²) in [7, 11) is 0. The summed E-state index contributed by atoms with van der Waals surface area (Å²) in [5.41, 5.74) is 3.41. The van der Waals surface area contributed by atoms with Gasteiger partial charge >= 0.3 is 0 Å². The first kappa shape index (κ1) is 11.6. The van der Waals surface area contributed by atoms with Crippen LogP contribution in [0.15, 0.2) is 30.3 Å². The quantitative estimate of drug-likeness (QED) is 0.757. The molecule has 2 aromatic rings. The third-order valence-corrected chi connectivity index (χ3v) is 2.75. The molecule has 0 saturated carbocycles. The number of hydrogen-bond donors (Lipinski definition) is 0. The molecule has 1 aromatic heterocycles. The van der Waals surface area contributed by atoms with Crippen LogP contribution in [-0.4, -0.2) is 15.6 Å². The van der Waals surface area contributed by atoms with Crippen molar-refractivity contribution in [2.75, 3.05) is 0 Å². The summed E-state index contributed by atoms with van der Waals surface area (Å²) in [5, 5.41) is 4.29. The van der Waals surface area contributed by atoms with Crippen molar-refractivity contribution < 1.29 is 4.79 Å². The molecule has 0 bridgehead atoms. The van der Waals surface area contributed by atoms with E-state index >= 15 is 0 Å². The van der Waals surface area contributed by atoms with Gasteiger partial charge in [-0.2, -0.15) is 5.10 Å². The Balaban J connectivity index is 2.39. The Morgan fingerprint density at radius 1 is 1.24 bits per heavy atom. The van der Waals surface area contributed by atoms with Crippen LogP contribution in [0.25, 0.3) is 0 Å². The molecule has 2 rings (SSSR count). The molecule has 0 spiro atoms. The molecule has 0 atom stereocenters. The molecule has 0 N–H and O–H groups in total. The molecular weight excluding hydrogens is 212 g/mol. The van der Waals surface area contributed by atoms with Crippen molar-refractivity contribution in [3.05, 3.63) is 52.8 Å². The van der Waals surface area contributed by atoms with Gasteiger partial charge in [0.05, 0.1) is 5.69 Å². The van der Waals surface area contributed by atoms with Crippen LogP contribution in [-0.2, 0) is 6.54 Å². The van der Waals surface area contributed by atoms with E-state index in [0.717, 1.165) is 11.3 Å². The average Bonchev–Trinajstić information content (AvgIpc) is 2.70. The largest absolute Gasteiger partial charge is 0.287 e. The van der Waals surface area contributed by atoms with Gasteiger partial charge in [-0.15, -0.1) is 0 Å². The molecule has 0 unspecified atom stereocenters. The Bertz CT molecular complexity index is 538. The van der Waals surface area contributed by atoms with Gasteiger partial charge in [-0.05, 0) is 26.8 Å². The zero-order chi connectivity index (χ0) is 12.4. The van der Waals surface area contributed by atoms with Crippen molar-refractivity contribution in [2.24, 2.45) is 0 Å². The molecule has 1 heterocycles. The number of aromatic nitrogens is 2. The zero-order valence-electron chi connectivity index (χ0n) is 10.4. The molecule has 88 valence electrons. The van der Waals surface area contributed by atoms with Gasteiger partial charge in [-0.3, -0.25) is 9.48 Å². The highest BCUT2D eigenvalue weighted by Gasteiger charge is 2.14. The van der Waals surface area contributed by atoms with Crippen molar-refractivity contribution in [3.8, 4) is 0 Å². The lowest BCUT2D eigenvalue weighted by Crippen LogP contribution is -2.10. The predicted molar refractivity (Wildman–Crippen MR) is 67.2 cm³/mol. The summed E-state index contributed by atoms with van der Waals surface area (Å²) >= 11 is 0. The van der Waals surface area contributed by atoms with E-state index < -0.39 is 0 Å². The van der Waals surface area contributed by atoms with Crippen LogP contribution >= 0.6 is 0 Å². The minimum atomic E-state index is 0.0347. The molecule has 0 aliphatic carbocycles. The minimum absolute atomic E-state index is 0.0347. The van der Waals surface area contributed by atoms with E-state index in [9.17, 15) is 4.79 Å². The number of benzene rings is 1. The molecular formula is C14H16N2O. The third kappa shape index (κ3) is 2.28. The molecule has 3 heteroatoms. The molecule has 0 amide bonds. The maximum Gasteiger partial charge on any atom is 0.211 e. The Labute approximate surface area is 101 Å². The first-order valence-corrected chi connectivity index (χ1v) is 5.77. The van der Waals surface area contributed by atoms with Gasteiger partial charge in [0.15, 0.2) is 0 Å². The van der Waals surface area contributed by atoms with E-state index in [1.807, 2.05) is 51.1 Å². The predicted octanol–water partition coefficient (Wildman–Crippen LogP) is 2.75. The van der Waals surface area contributed by atoms with Gasteiger partial charge < -0.3 is 0 Å². The summed E-state index contributed by atoms with van der Waals surface area (Å²) in [6.07, 6.45) is 0. The molecule has 0 aliphatic rings. The summed E-state index contributed by atoms with van der Waals surface area (Å²) in [5.74, 6) is 0.0347. The van der Waals surface area contributed by atoms with Gasteiger partial charge in [-0.1, -0.05) is 29.8 Å². The summed E-state index contributed by atoms with van der Waals surface area (Å²) in [6.45, 7) is 6.60. The summed E-state index contributed by atoms with van der Waals surface area (Å²) in [4.78, 5) is 12.3. The standard InChI is InChI=1S/C14H16N2O/c1-4-16-13(9-11(3)15-16)14(17)12-7-5-10(2)6-8-12/h5-9H,4H2,1-3H3. The lowest BCUT2D eigenvalue weighted by molar-refractivity contribution is 0.102. The van der Waals surface area contributed by atoms with E-state index in [4.69, 9.17) is 0 Å². The Morgan fingerprint density at radius 3 is 2.47 bits per heavy atom. The molecule has 0 radical (unpaired) electrons. The Kier molecular flexibility index (Phi) is 3.09. The smallest absolute Gasteiger partial charge is 0.211 e. The van der Waals surface area contributed by atoms with Crippen LogP contribution in [0.4, 0.5) is 0 Å². The Morgan fingerprint density at radius 2 is 1.88 bits per heavy atom. The first-order valence-electron chi connectivity index (χ1n) is 5.77. The summed E-state index contributed by atoms with van der Waals surface area (Å²) < 4.78 is 1.75. The maximum atomic E-state index is 12.3. The fraction of sp³-hybridized carbons (Fsp3) is 0.286. The lowest BCUT2D eigenvalue weighted by atomic mass is 10.1. The minimum Gasteiger partial charge on any atom is -0.287 e. The number of aryl methyl sites for hydroxylation is 3. The van der Waals surface area contributed by atoms with E-state index in [0.29, 0.717) is 17.8 Å². The number of nitrogens with zero attached hydrogens (tertiary/aromatic N) is 2. The number of carbonyl (C=O) groups is 1. The van der Waals surface area contributed by atoms with Crippen LogP contribution in [0.1, 0.15) is 34.2 Å². The fourth-order valence-corrected chi connectivity index (χ4v) is 1.82. The van der Waals surface area contributed by atoms with E-state index in [1.54, 1.807) is 4.68 Å². The van der Waals surface area contributed by atoms with Crippen LogP contribution in [0.5, 0.6) is 0 Å². The highest BCUT2D eigenvalue weighted by atomic mass is 16.1. The van der Waals surface area contributed by atoms with Gasteiger partial charge in [0, 0.05) is 12.1 Å². The van der Waals surface area contributed by atoms with Crippen LogP contribution in [0.2, 0.25) is 0 Å². The van der Waals surface area contributed by atoms with Gasteiger partial charge in [0.1, 0.15) is 5.69 Å². The molecule has 3 nitrogen and oxygen atoms in total. The number of rotatable bonds is 3. The fourth-order valence-electron chi connectivity index (χ4n) is 1.82. The van der Waals surface area contributed by atoms with Crippen LogP contribution < -0.4 is 0 Å². The van der Waals surface area contributed by atoms with Crippen molar-refractivity contribution in [2.45, 2.75) is 27.3 Å². The molecule has 17 heavy (non-hydrogen) atoms.